The van der Waals surface area contributed by atoms with Gasteiger partial charge in [-0.05, 0) is 43.4 Å². The molecular weight excluding hydrogens is 389 g/mol. The summed E-state index contributed by atoms with van der Waals surface area (Å²) in [4.78, 5) is 17.7. The Balaban J connectivity index is 0.00000300. The van der Waals surface area contributed by atoms with Crippen molar-refractivity contribution in [3.05, 3.63) is 35.6 Å². The van der Waals surface area contributed by atoms with Gasteiger partial charge in [0.05, 0.1) is 10.5 Å². The number of amides is 1. The lowest BCUT2D eigenvalue weighted by atomic mass is 9.95. The van der Waals surface area contributed by atoms with Crippen LogP contribution in [0.2, 0.25) is 0 Å². The molecule has 1 aromatic carbocycles. The molecule has 1 amide bonds. The van der Waals surface area contributed by atoms with Crippen LogP contribution >= 0.6 is 0 Å². The average Bonchev–Trinajstić information content (AvgIpc) is 2.69. The SMILES string of the molecule is O=C(CC1(S(=O)(=O)Cc2ccc(F)cc2)CCOCC1)NOC1CCCCO1.[HH]. The summed E-state index contributed by atoms with van der Waals surface area (Å²) in [6, 6.07) is 5.35. The van der Waals surface area contributed by atoms with E-state index in [1.165, 1.54) is 24.3 Å². The van der Waals surface area contributed by atoms with Gasteiger partial charge in [-0.15, -0.1) is 0 Å². The molecule has 0 aliphatic carbocycles. The van der Waals surface area contributed by atoms with Crippen molar-refractivity contribution >= 4 is 15.7 Å². The van der Waals surface area contributed by atoms with Gasteiger partial charge >= 0.3 is 0 Å². The molecule has 9 heteroatoms. The van der Waals surface area contributed by atoms with Crippen LogP contribution < -0.4 is 5.48 Å². The van der Waals surface area contributed by atoms with Gasteiger partial charge < -0.3 is 9.47 Å². The van der Waals surface area contributed by atoms with E-state index in [4.69, 9.17) is 14.3 Å². The van der Waals surface area contributed by atoms with Crippen LogP contribution in [0.3, 0.4) is 0 Å². The molecule has 1 atom stereocenters. The van der Waals surface area contributed by atoms with E-state index in [1.807, 2.05) is 0 Å². The van der Waals surface area contributed by atoms with Gasteiger partial charge in [0.15, 0.2) is 16.1 Å². The zero-order valence-electron chi connectivity index (χ0n) is 15.7. The summed E-state index contributed by atoms with van der Waals surface area (Å²) in [7, 11) is -3.70. The van der Waals surface area contributed by atoms with Gasteiger partial charge in [0.2, 0.25) is 5.91 Å². The molecule has 7 nitrogen and oxygen atoms in total. The van der Waals surface area contributed by atoms with Gasteiger partial charge in [-0.2, -0.15) is 0 Å². The molecule has 2 saturated heterocycles. The monoisotopic (exact) mass is 417 g/mol. The zero-order chi connectivity index (χ0) is 20.0. The number of sulfone groups is 1. The van der Waals surface area contributed by atoms with Crippen LogP contribution in [0.15, 0.2) is 24.3 Å². The third-order valence-corrected chi connectivity index (χ3v) is 7.84. The Morgan fingerprint density at radius 3 is 2.57 bits per heavy atom. The summed E-state index contributed by atoms with van der Waals surface area (Å²) in [6.45, 7) is 1.11. The van der Waals surface area contributed by atoms with E-state index in [1.54, 1.807) is 0 Å². The van der Waals surface area contributed by atoms with Crippen molar-refractivity contribution in [2.45, 2.75) is 55.3 Å². The quantitative estimate of drug-likeness (QED) is 0.686. The minimum absolute atomic E-state index is 0. The average molecular weight is 417 g/mol. The maximum absolute atomic E-state index is 13.2. The van der Waals surface area contributed by atoms with Crippen LogP contribution in [0.1, 0.15) is 45.5 Å². The molecule has 2 heterocycles. The van der Waals surface area contributed by atoms with Crippen LogP contribution in [-0.4, -0.2) is 45.2 Å². The first-order valence-corrected chi connectivity index (χ1v) is 11.2. The minimum Gasteiger partial charge on any atom is -0.381 e. The van der Waals surface area contributed by atoms with Crippen molar-refractivity contribution in [3.63, 3.8) is 0 Å². The number of ether oxygens (including phenoxy) is 2. The molecule has 0 bridgehead atoms. The van der Waals surface area contributed by atoms with Gasteiger partial charge in [-0.3, -0.25) is 4.79 Å². The fourth-order valence-electron chi connectivity index (χ4n) is 3.56. The largest absolute Gasteiger partial charge is 0.381 e. The van der Waals surface area contributed by atoms with E-state index in [0.717, 1.165) is 12.8 Å². The number of hydrogen-bond donors (Lipinski definition) is 1. The van der Waals surface area contributed by atoms with Crippen LogP contribution in [-0.2, 0) is 34.7 Å². The molecule has 2 aliphatic rings. The van der Waals surface area contributed by atoms with Crippen LogP contribution in [0, 0.1) is 5.82 Å². The fraction of sp³-hybridized carbons (Fsp3) is 0.632. The number of benzene rings is 1. The highest BCUT2D eigenvalue weighted by Crippen LogP contribution is 2.35. The summed E-state index contributed by atoms with van der Waals surface area (Å²) in [6.07, 6.45) is 2.33. The number of hydrogen-bond acceptors (Lipinski definition) is 6. The Morgan fingerprint density at radius 2 is 1.93 bits per heavy atom. The van der Waals surface area contributed by atoms with Crippen LogP contribution in [0.25, 0.3) is 0 Å². The molecule has 28 heavy (non-hydrogen) atoms. The molecular formula is C19H28FNO6S. The first-order valence-electron chi connectivity index (χ1n) is 9.51. The third kappa shape index (κ3) is 5.28. The van der Waals surface area contributed by atoms with Crippen LogP contribution in [0.5, 0.6) is 0 Å². The number of nitrogens with one attached hydrogen (secondary N) is 1. The predicted molar refractivity (Wildman–Crippen MR) is 101 cm³/mol. The smallest absolute Gasteiger partial charge is 0.245 e. The second-order valence-electron chi connectivity index (χ2n) is 7.30. The Labute approximate surface area is 165 Å². The number of hydroxylamine groups is 1. The van der Waals surface area contributed by atoms with E-state index in [2.05, 4.69) is 5.48 Å². The van der Waals surface area contributed by atoms with Gasteiger partial charge in [0.1, 0.15) is 5.82 Å². The van der Waals surface area contributed by atoms with Crippen molar-refractivity contribution in [3.8, 4) is 0 Å². The first kappa shape index (κ1) is 21.2. The minimum atomic E-state index is -3.70. The molecule has 2 aliphatic heterocycles. The normalized spacial score (nSPS) is 22.5. The van der Waals surface area contributed by atoms with Gasteiger partial charge in [-0.1, -0.05) is 12.1 Å². The lowest BCUT2D eigenvalue weighted by Crippen LogP contribution is -2.48. The molecule has 1 N–H and O–H groups in total. The molecule has 3 rings (SSSR count). The Hall–Kier alpha value is -1.55. The lowest BCUT2D eigenvalue weighted by Gasteiger charge is -2.36. The highest BCUT2D eigenvalue weighted by molar-refractivity contribution is 7.92. The summed E-state index contributed by atoms with van der Waals surface area (Å²) < 4.78 is 49.0. The standard InChI is InChI=1S/C19H26FNO6S.H2/c20-16-6-4-15(5-7-16)14-28(23,24)19(8-11-25-12-9-19)13-17(22)21-27-18-3-1-2-10-26-18;/h4-7,18H,1-3,8-14H2,(H,21,22);1H. The Morgan fingerprint density at radius 1 is 1.21 bits per heavy atom. The Bertz CT molecular complexity index is 761. The molecule has 0 radical (unpaired) electrons. The van der Waals surface area contributed by atoms with Crippen molar-refractivity contribution in [2.75, 3.05) is 19.8 Å². The van der Waals surface area contributed by atoms with E-state index >= 15 is 0 Å². The molecule has 2 fully saturated rings. The first-order chi connectivity index (χ1) is 13.4. The number of halogens is 1. The zero-order valence-corrected chi connectivity index (χ0v) is 16.5. The number of carbonyl (C=O) groups is 1. The van der Waals surface area contributed by atoms with Crippen molar-refractivity contribution in [1.29, 1.82) is 0 Å². The highest BCUT2D eigenvalue weighted by Gasteiger charge is 2.46. The lowest BCUT2D eigenvalue weighted by molar-refractivity contribution is -0.200. The van der Waals surface area contributed by atoms with Gasteiger partial charge in [0.25, 0.3) is 0 Å². The highest BCUT2D eigenvalue weighted by atomic mass is 32.2. The number of rotatable bonds is 7. The van der Waals surface area contributed by atoms with Gasteiger partial charge in [-0.25, -0.2) is 23.1 Å². The predicted octanol–water partition coefficient (Wildman–Crippen LogP) is 2.50. The second-order valence-corrected chi connectivity index (χ2v) is 9.68. The summed E-state index contributed by atoms with van der Waals surface area (Å²) >= 11 is 0. The van der Waals surface area contributed by atoms with E-state index in [9.17, 15) is 17.6 Å². The topological polar surface area (TPSA) is 90.9 Å². The molecule has 1 aromatic rings. The van der Waals surface area contributed by atoms with E-state index in [0.29, 0.717) is 18.6 Å². The number of carbonyl (C=O) groups excluding carboxylic acids is 1. The maximum Gasteiger partial charge on any atom is 0.245 e. The third-order valence-electron chi connectivity index (χ3n) is 5.26. The molecule has 0 spiro atoms. The summed E-state index contributed by atoms with van der Waals surface area (Å²) in [5.41, 5.74) is 2.83. The van der Waals surface area contributed by atoms with Crippen molar-refractivity contribution in [2.24, 2.45) is 0 Å². The molecule has 158 valence electrons. The van der Waals surface area contributed by atoms with Gasteiger partial charge in [0, 0.05) is 34.1 Å². The van der Waals surface area contributed by atoms with Crippen LogP contribution in [0.4, 0.5) is 4.39 Å². The summed E-state index contributed by atoms with van der Waals surface area (Å²) in [5, 5.41) is 0. The van der Waals surface area contributed by atoms with Crippen molar-refractivity contribution < 1.29 is 33.3 Å². The van der Waals surface area contributed by atoms with E-state index < -0.39 is 32.6 Å². The second kappa shape index (κ2) is 9.30. The van der Waals surface area contributed by atoms with Crippen molar-refractivity contribution in [1.82, 2.24) is 5.48 Å². The Kier molecular flexibility index (Phi) is 7.03. The molecule has 0 aromatic heterocycles. The summed E-state index contributed by atoms with van der Waals surface area (Å²) in [5.74, 6) is -1.19. The fourth-order valence-corrected chi connectivity index (χ4v) is 5.64. The maximum atomic E-state index is 13.2. The van der Waals surface area contributed by atoms with E-state index in [-0.39, 0.29) is 39.7 Å². The molecule has 0 saturated carbocycles. The molecule has 1 unspecified atom stereocenters.